The number of primary amides is 1. The number of aliphatic hydroxyl groups excluding tert-OH is 1. The minimum Gasteiger partial charge on any atom is -0.396 e. The molecule has 3 unspecified atom stereocenters. The van der Waals surface area contributed by atoms with Gasteiger partial charge in [-0.3, -0.25) is 4.79 Å². The van der Waals surface area contributed by atoms with Gasteiger partial charge in [0.1, 0.15) is 5.54 Å². The standard InChI is InChI=1S/C15H28N2O2S/c1-11(6-9-18)20-10-7-12-3-2-8-15(12,14(16)19)17-13-4-5-13/h11-13,17-18H,2-10H2,1H3,(H2,16,19). The van der Waals surface area contributed by atoms with Crippen LogP contribution >= 0.6 is 11.8 Å². The highest BCUT2D eigenvalue weighted by Gasteiger charge is 2.49. The lowest BCUT2D eigenvalue weighted by Gasteiger charge is -2.34. The summed E-state index contributed by atoms with van der Waals surface area (Å²) in [6.07, 6.45) is 7.37. The highest BCUT2D eigenvalue weighted by atomic mass is 32.2. The molecule has 0 aliphatic heterocycles. The molecule has 20 heavy (non-hydrogen) atoms. The fourth-order valence-electron chi connectivity index (χ4n) is 3.32. The molecule has 116 valence electrons. The Morgan fingerprint density at radius 3 is 2.85 bits per heavy atom. The van der Waals surface area contributed by atoms with Gasteiger partial charge in [0, 0.05) is 17.9 Å². The number of nitrogens with two attached hydrogens (primary N) is 1. The lowest BCUT2D eigenvalue weighted by atomic mass is 9.84. The van der Waals surface area contributed by atoms with Gasteiger partial charge in [-0.2, -0.15) is 11.8 Å². The second-order valence-corrected chi connectivity index (χ2v) is 7.87. The summed E-state index contributed by atoms with van der Waals surface area (Å²) in [4.78, 5) is 12.0. The normalized spacial score (nSPS) is 31.4. The first-order valence-electron chi connectivity index (χ1n) is 7.88. The van der Waals surface area contributed by atoms with Crippen molar-refractivity contribution in [3.05, 3.63) is 0 Å². The number of aliphatic hydroxyl groups is 1. The number of carbonyl (C=O) groups excluding carboxylic acids is 1. The van der Waals surface area contributed by atoms with Crippen molar-refractivity contribution in [2.45, 2.75) is 68.7 Å². The van der Waals surface area contributed by atoms with E-state index in [9.17, 15) is 4.79 Å². The SMILES string of the molecule is CC(CCO)SCCC1CCCC1(NC1CC1)C(N)=O. The lowest BCUT2D eigenvalue weighted by Crippen LogP contribution is -2.58. The zero-order chi connectivity index (χ0) is 14.6. The number of hydrogen-bond acceptors (Lipinski definition) is 4. The smallest absolute Gasteiger partial charge is 0.238 e. The molecule has 5 heteroatoms. The molecule has 2 fully saturated rings. The molecule has 3 atom stereocenters. The Balaban J connectivity index is 1.86. The van der Waals surface area contributed by atoms with Crippen molar-refractivity contribution in [3.63, 3.8) is 0 Å². The molecule has 0 aromatic heterocycles. The fraction of sp³-hybridized carbons (Fsp3) is 0.933. The Bertz CT molecular complexity index is 336. The third-order valence-corrected chi connectivity index (χ3v) is 5.98. The molecule has 2 aliphatic carbocycles. The van der Waals surface area contributed by atoms with E-state index in [2.05, 4.69) is 12.2 Å². The molecule has 0 aromatic rings. The van der Waals surface area contributed by atoms with E-state index in [0.29, 0.717) is 17.2 Å². The van der Waals surface area contributed by atoms with Crippen LogP contribution in [0.3, 0.4) is 0 Å². The third-order valence-electron chi connectivity index (χ3n) is 4.70. The van der Waals surface area contributed by atoms with Crippen LogP contribution < -0.4 is 11.1 Å². The molecular formula is C15H28N2O2S. The van der Waals surface area contributed by atoms with E-state index in [0.717, 1.165) is 37.9 Å². The Labute approximate surface area is 126 Å². The fourth-order valence-corrected chi connectivity index (χ4v) is 4.42. The van der Waals surface area contributed by atoms with Gasteiger partial charge < -0.3 is 16.2 Å². The zero-order valence-electron chi connectivity index (χ0n) is 12.4. The molecule has 2 saturated carbocycles. The molecule has 2 aliphatic rings. The molecule has 4 N–H and O–H groups in total. The van der Waals surface area contributed by atoms with Crippen molar-refractivity contribution in [1.82, 2.24) is 5.32 Å². The molecule has 0 radical (unpaired) electrons. The van der Waals surface area contributed by atoms with Crippen LogP contribution in [0.4, 0.5) is 0 Å². The van der Waals surface area contributed by atoms with Crippen molar-refractivity contribution in [1.29, 1.82) is 0 Å². The molecule has 0 aromatic carbocycles. The van der Waals surface area contributed by atoms with E-state index >= 15 is 0 Å². The van der Waals surface area contributed by atoms with Gasteiger partial charge in [-0.1, -0.05) is 13.3 Å². The van der Waals surface area contributed by atoms with Gasteiger partial charge in [-0.15, -0.1) is 0 Å². The Hall–Kier alpha value is -0.260. The summed E-state index contributed by atoms with van der Waals surface area (Å²) in [7, 11) is 0. The highest BCUT2D eigenvalue weighted by Crippen LogP contribution is 2.41. The highest BCUT2D eigenvalue weighted by molar-refractivity contribution is 7.99. The maximum absolute atomic E-state index is 12.0. The van der Waals surface area contributed by atoms with Crippen LogP contribution in [0, 0.1) is 5.92 Å². The summed E-state index contributed by atoms with van der Waals surface area (Å²) in [5, 5.41) is 13.0. The van der Waals surface area contributed by atoms with Crippen LogP contribution in [0.2, 0.25) is 0 Å². The molecule has 2 rings (SSSR count). The first-order chi connectivity index (χ1) is 9.58. The Kier molecular flexibility index (Phi) is 5.75. The summed E-state index contributed by atoms with van der Waals surface area (Å²) in [5.74, 6) is 1.28. The first-order valence-corrected chi connectivity index (χ1v) is 8.93. The van der Waals surface area contributed by atoms with Crippen LogP contribution in [-0.2, 0) is 4.79 Å². The predicted molar refractivity (Wildman–Crippen MR) is 83.7 cm³/mol. The van der Waals surface area contributed by atoms with Crippen LogP contribution in [0.15, 0.2) is 0 Å². The van der Waals surface area contributed by atoms with Gasteiger partial charge >= 0.3 is 0 Å². The van der Waals surface area contributed by atoms with E-state index in [1.165, 1.54) is 12.8 Å². The summed E-state index contributed by atoms with van der Waals surface area (Å²) in [6.45, 7) is 2.41. The quantitative estimate of drug-likeness (QED) is 0.605. The summed E-state index contributed by atoms with van der Waals surface area (Å²) >= 11 is 1.89. The summed E-state index contributed by atoms with van der Waals surface area (Å²) in [6, 6.07) is 0.518. The van der Waals surface area contributed by atoms with Gasteiger partial charge in [-0.05, 0) is 50.2 Å². The largest absolute Gasteiger partial charge is 0.396 e. The molecular weight excluding hydrogens is 272 g/mol. The van der Waals surface area contributed by atoms with E-state index in [1.54, 1.807) is 0 Å². The molecule has 1 amide bonds. The predicted octanol–water partition coefficient (Wildman–Crippen LogP) is 1.66. The van der Waals surface area contributed by atoms with E-state index in [4.69, 9.17) is 10.8 Å². The lowest BCUT2D eigenvalue weighted by molar-refractivity contribution is -0.126. The maximum Gasteiger partial charge on any atom is 0.238 e. The second-order valence-electron chi connectivity index (χ2n) is 6.33. The molecule has 4 nitrogen and oxygen atoms in total. The maximum atomic E-state index is 12.0. The third kappa shape index (κ3) is 3.89. The topological polar surface area (TPSA) is 75.3 Å². The van der Waals surface area contributed by atoms with Gasteiger partial charge in [0.25, 0.3) is 0 Å². The van der Waals surface area contributed by atoms with Gasteiger partial charge in [0.2, 0.25) is 5.91 Å². The number of carbonyl (C=O) groups is 1. The minimum atomic E-state index is -0.443. The number of hydrogen-bond donors (Lipinski definition) is 3. The Morgan fingerprint density at radius 1 is 1.50 bits per heavy atom. The van der Waals surface area contributed by atoms with Gasteiger partial charge in [0.05, 0.1) is 0 Å². The van der Waals surface area contributed by atoms with Crippen molar-refractivity contribution in [3.8, 4) is 0 Å². The van der Waals surface area contributed by atoms with Crippen LogP contribution in [0.25, 0.3) is 0 Å². The van der Waals surface area contributed by atoms with Crippen LogP contribution in [0.1, 0.15) is 51.9 Å². The number of rotatable bonds is 9. The van der Waals surface area contributed by atoms with E-state index in [1.807, 2.05) is 11.8 Å². The molecule has 0 bridgehead atoms. The molecule has 0 spiro atoms. The molecule has 0 heterocycles. The zero-order valence-corrected chi connectivity index (χ0v) is 13.3. The van der Waals surface area contributed by atoms with Gasteiger partial charge in [-0.25, -0.2) is 0 Å². The van der Waals surface area contributed by atoms with Crippen molar-refractivity contribution < 1.29 is 9.90 Å². The summed E-state index contributed by atoms with van der Waals surface area (Å²) in [5.41, 5.74) is 5.29. The van der Waals surface area contributed by atoms with Crippen LogP contribution in [0.5, 0.6) is 0 Å². The van der Waals surface area contributed by atoms with E-state index in [-0.39, 0.29) is 12.5 Å². The monoisotopic (exact) mass is 300 g/mol. The van der Waals surface area contributed by atoms with Crippen molar-refractivity contribution >= 4 is 17.7 Å². The van der Waals surface area contributed by atoms with Crippen molar-refractivity contribution in [2.75, 3.05) is 12.4 Å². The van der Waals surface area contributed by atoms with Crippen LogP contribution in [-0.4, -0.2) is 40.2 Å². The second kappa shape index (κ2) is 7.14. The Morgan fingerprint density at radius 2 is 2.25 bits per heavy atom. The first kappa shape index (κ1) is 16.1. The molecule has 0 saturated heterocycles. The average molecular weight is 300 g/mol. The van der Waals surface area contributed by atoms with Crippen molar-refractivity contribution in [2.24, 2.45) is 11.7 Å². The number of amides is 1. The number of thioether (sulfide) groups is 1. The average Bonchev–Trinajstić information content (AvgIpc) is 3.10. The van der Waals surface area contributed by atoms with E-state index < -0.39 is 5.54 Å². The summed E-state index contributed by atoms with van der Waals surface area (Å²) < 4.78 is 0. The van der Waals surface area contributed by atoms with Gasteiger partial charge in [0.15, 0.2) is 0 Å². The minimum absolute atomic E-state index is 0.152. The number of nitrogens with one attached hydrogen (secondary N) is 1.